The Hall–Kier alpha value is -1.84. The van der Waals surface area contributed by atoms with E-state index in [2.05, 4.69) is 22.0 Å². The number of carbonyl (C=O) groups excluding carboxylic acids is 1. The van der Waals surface area contributed by atoms with E-state index in [0.717, 1.165) is 50.2 Å². The number of rotatable bonds is 1. The van der Waals surface area contributed by atoms with Gasteiger partial charge in [0.15, 0.2) is 0 Å². The number of amides is 1. The SMILES string of the molecule is COc1ccc2c(c1)C1CC3=NCCCC3C(=O)N1CC2. The smallest absolute Gasteiger partial charge is 0.231 e. The van der Waals surface area contributed by atoms with Gasteiger partial charge >= 0.3 is 0 Å². The van der Waals surface area contributed by atoms with E-state index in [1.807, 2.05) is 6.07 Å². The standard InChI is InChI=1S/C17H20N2O2/c1-21-12-5-4-11-6-8-19-16(14(11)9-12)10-15-13(17(19)20)3-2-7-18-15/h4-5,9,13,16H,2-3,6-8,10H2,1H3. The summed E-state index contributed by atoms with van der Waals surface area (Å²) in [6.45, 7) is 1.73. The molecule has 1 fully saturated rings. The Balaban J connectivity index is 1.76. The number of carbonyl (C=O) groups is 1. The van der Waals surface area contributed by atoms with Crippen LogP contribution >= 0.6 is 0 Å². The van der Waals surface area contributed by atoms with E-state index in [0.29, 0.717) is 0 Å². The Morgan fingerprint density at radius 2 is 2.29 bits per heavy atom. The first-order valence-corrected chi connectivity index (χ1v) is 7.78. The van der Waals surface area contributed by atoms with Crippen LogP contribution in [0.1, 0.15) is 36.4 Å². The first-order chi connectivity index (χ1) is 10.3. The van der Waals surface area contributed by atoms with E-state index in [4.69, 9.17) is 4.74 Å². The van der Waals surface area contributed by atoms with Crippen molar-refractivity contribution in [1.82, 2.24) is 4.90 Å². The molecule has 21 heavy (non-hydrogen) atoms. The summed E-state index contributed by atoms with van der Waals surface area (Å²) in [5, 5.41) is 0. The molecule has 1 amide bonds. The van der Waals surface area contributed by atoms with Gasteiger partial charge in [0.2, 0.25) is 5.91 Å². The van der Waals surface area contributed by atoms with Gasteiger partial charge in [-0.2, -0.15) is 0 Å². The third-order valence-electron chi connectivity index (χ3n) is 5.06. The molecule has 0 spiro atoms. The number of nitrogens with zero attached hydrogens (tertiary/aromatic N) is 2. The van der Waals surface area contributed by atoms with Gasteiger partial charge in [0.25, 0.3) is 0 Å². The second-order valence-electron chi connectivity index (χ2n) is 6.13. The molecule has 110 valence electrons. The van der Waals surface area contributed by atoms with Crippen LogP contribution < -0.4 is 4.74 Å². The monoisotopic (exact) mass is 284 g/mol. The van der Waals surface area contributed by atoms with Gasteiger partial charge in [0, 0.05) is 25.2 Å². The maximum Gasteiger partial charge on any atom is 0.231 e. The van der Waals surface area contributed by atoms with Gasteiger partial charge < -0.3 is 9.64 Å². The van der Waals surface area contributed by atoms with E-state index >= 15 is 0 Å². The molecular formula is C17H20N2O2. The first-order valence-electron chi connectivity index (χ1n) is 7.78. The number of hydrogen-bond acceptors (Lipinski definition) is 3. The van der Waals surface area contributed by atoms with Crippen molar-refractivity contribution in [3.63, 3.8) is 0 Å². The van der Waals surface area contributed by atoms with Crippen LogP contribution in [-0.4, -0.2) is 36.7 Å². The van der Waals surface area contributed by atoms with Crippen molar-refractivity contribution in [2.75, 3.05) is 20.2 Å². The second-order valence-corrected chi connectivity index (χ2v) is 6.13. The molecule has 3 aliphatic rings. The maximum atomic E-state index is 12.8. The molecule has 1 aromatic rings. The van der Waals surface area contributed by atoms with Crippen LogP contribution in [0.25, 0.3) is 0 Å². The summed E-state index contributed by atoms with van der Waals surface area (Å²) in [6.07, 6.45) is 3.87. The molecule has 4 rings (SSSR count). The summed E-state index contributed by atoms with van der Waals surface area (Å²) in [7, 11) is 1.69. The zero-order valence-corrected chi connectivity index (χ0v) is 12.3. The first kappa shape index (κ1) is 12.9. The van der Waals surface area contributed by atoms with Crippen LogP contribution in [0.3, 0.4) is 0 Å². The van der Waals surface area contributed by atoms with Gasteiger partial charge in [0.1, 0.15) is 5.75 Å². The van der Waals surface area contributed by atoms with E-state index in [1.54, 1.807) is 7.11 Å². The summed E-state index contributed by atoms with van der Waals surface area (Å²) in [5.41, 5.74) is 3.73. The van der Waals surface area contributed by atoms with Crippen LogP contribution in [0.4, 0.5) is 0 Å². The topological polar surface area (TPSA) is 41.9 Å². The minimum Gasteiger partial charge on any atom is -0.497 e. The Morgan fingerprint density at radius 3 is 3.14 bits per heavy atom. The highest BCUT2D eigenvalue weighted by Crippen LogP contribution is 2.41. The predicted octanol–water partition coefficient (Wildman–Crippen LogP) is 2.38. The van der Waals surface area contributed by atoms with Gasteiger partial charge in [-0.05, 0) is 42.5 Å². The molecule has 3 heterocycles. The lowest BCUT2D eigenvalue weighted by Gasteiger charge is -2.44. The lowest BCUT2D eigenvalue weighted by molar-refractivity contribution is -0.138. The highest BCUT2D eigenvalue weighted by molar-refractivity contribution is 6.07. The van der Waals surface area contributed by atoms with Gasteiger partial charge in [-0.15, -0.1) is 0 Å². The fourth-order valence-electron chi connectivity index (χ4n) is 3.95. The zero-order chi connectivity index (χ0) is 14.4. The molecule has 1 saturated heterocycles. The number of ether oxygens (including phenoxy) is 1. The fourth-order valence-corrected chi connectivity index (χ4v) is 3.95. The molecule has 0 radical (unpaired) electrons. The molecule has 4 heteroatoms. The zero-order valence-electron chi connectivity index (χ0n) is 12.3. The largest absolute Gasteiger partial charge is 0.497 e. The maximum absolute atomic E-state index is 12.8. The summed E-state index contributed by atoms with van der Waals surface area (Å²) in [4.78, 5) is 19.5. The minimum absolute atomic E-state index is 0.0576. The Labute approximate surface area is 124 Å². The molecule has 0 bridgehead atoms. The summed E-state index contributed by atoms with van der Waals surface area (Å²) in [5.74, 6) is 1.22. The van der Waals surface area contributed by atoms with Crippen molar-refractivity contribution in [2.45, 2.75) is 31.7 Å². The Bertz CT molecular complexity index is 623. The fraction of sp³-hybridized carbons (Fsp3) is 0.529. The summed E-state index contributed by atoms with van der Waals surface area (Å²) in [6, 6.07) is 6.41. The number of fused-ring (bicyclic) bond motifs is 4. The van der Waals surface area contributed by atoms with Crippen LogP contribution in [0.5, 0.6) is 5.75 Å². The molecule has 0 aromatic heterocycles. The molecule has 3 aliphatic heterocycles. The van der Waals surface area contributed by atoms with E-state index < -0.39 is 0 Å². The number of benzene rings is 1. The number of methoxy groups -OCH3 is 1. The molecule has 2 unspecified atom stereocenters. The van der Waals surface area contributed by atoms with E-state index in [9.17, 15) is 4.79 Å². The average Bonchev–Trinajstić information content (AvgIpc) is 2.54. The van der Waals surface area contributed by atoms with Gasteiger partial charge in [-0.1, -0.05) is 6.07 Å². The summed E-state index contributed by atoms with van der Waals surface area (Å²) < 4.78 is 5.36. The molecule has 0 N–H and O–H groups in total. The second kappa shape index (κ2) is 4.86. The number of piperidine rings is 1. The molecule has 0 saturated carbocycles. The Kier molecular flexibility index (Phi) is 2.98. The lowest BCUT2D eigenvalue weighted by atomic mass is 9.79. The molecule has 0 aliphatic carbocycles. The lowest BCUT2D eigenvalue weighted by Crippen LogP contribution is -2.51. The highest BCUT2D eigenvalue weighted by atomic mass is 16.5. The normalized spacial score (nSPS) is 27.4. The minimum atomic E-state index is 0.0576. The molecule has 1 aromatic carbocycles. The van der Waals surface area contributed by atoms with Gasteiger partial charge in [-0.25, -0.2) is 0 Å². The molecule has 2 atom stereocenters. The van der Waals surface area contributed by atoms with Crippen LogP contribution in [0.2, 0.25) is 0 Å². The van der Waals surface area contributed by atoms with Gasteiger partial charge in [0.05, 0.1) is 19.1 Å². The predicted molar refractivity (Wildman–Crippen MR) is 80.8 cm³/mol. The highest BCUT2D eigenvalue weighted by Gasteiger charge is 2.42. The van der Waals surface area contributed by atoms with Crippen molar-refractivity contribution >= 4 is 11.6 Å². The molecular weight excluding hydrogens is 264 g/mol. The third-order valence-corrected chi connectivity index (χ3v) is 5.06. The van der Waals surface area contributed by atoms with Crippen LogP contribution in [-0.2, 0) is 11.2 Å². The van der Waals surface area contributed by atoms with Crippen LogP contribution in [0, 0.1) is 5.92 Å². The Morgan fingerprint density at radius 1 is 1.38 bits per heavy atom. The van der Waals surface area contributed by atoms with Crippen molar-refractivity contribution in [3.8, 4) is 5.75 Å². The molecule has 4 nitrogen and oxygen atoms in total. The quantitative estimate of drug-likeness (QED) is 0.794. The van der Waals surface area contributed by atoms with Gasteiger partial charge in [-0.3, -0.25) is 9.79 Å². The van der Waals surface area contributed by atoms with Crippen molar-refractivity contribution in [3.05, 3.63) is 29.3 Å². The van der Waals surface area contributed by atoms with E-state index in [-0.39, 0.29) is 17.9 Å². The number of hydrogen-bond donors (Lipinski definition) is 0. The van der Waals surface area contributed by atoms with Crippen molar-refractivity contribution in [2.24, 2.45) is 10.9 Å². The van der Waals surface area contributed by atoms with Crippen LogP contribution in [0.15, 0.2) is 23.2 Å². The third kappa shape index (κ3) is 1.96. The number of aliphatic imine (C=N–C) groups is 1. The van der Waals surface area contributed by atoms with Crippen molar-refractivity contribution in [1.29, 1.82) is 0 Å². The van der Waals surface area contributed by atoms with Crippen molar-refractivity contribution < 1.29 is 9.53 Å². The average molecular weight is 284 g/mol. The summed E-state index contributed by atoms with van der Waals surface area (Å²) >= 11 is 0. The van der Waals surface area contributed by atoms with E-state index in [1.165, 1.54) is 11.1 Å².